The van der Waals surface area contributed by atoms with Crippen molar-refractivity contribution in [3.63, 3.8) is 0 Å². The highest BCUT2D eigenvalue weighted by molar-refractivity contribution is 6.12. The summed E-state index contributed by atoms with van der Waals surface area (Å²) in [6, 6.07) is 35.6. The zero-order chi connectivity index (χ0) is 29.2. The summed E-state index contributed by atoms with van der Waals surface area (Å²) in [5, 5.41) is 5.19. The molecule has 3 aliphatic rings. The van der Waals surface area contributed by atoms with E-state index < -0.39 is 0 Å². The number of benzene rings is 5. The van der Waals surface area contributed by atoms with E-state index in [1.807, 2.05) is 12.1 Å². The molecular formula is C40H34N2O. The minimum absolute atomic E-state index is 0.0129. The maximum Gasteiger partial charge on any atom is 0.169 e. The number of fused-ring (bicyclic) bond motifs is 6. The average Bonchev–Trinajstić information content (AvgIpc) is 3.43. The van der Waals surface area contributed by atoms with E-state index in [4.69, 9.17) is 0 Å². The predicted octanol–water partition coefficient (Wildman–Crippen LogP) is 9.89. The van der Waals surface area contributed by atoms with Crippen LogP contribution in [0, 0.1) is 33.1 Å². The summed E-state index contributed by atoms with van der Waals surface area (Å²) in [6.45, 7) is 8.60. The van der Waals surface area contributed by atoms with Crippen LogP contribution in [-0.4, -0.2) is 14.9 Å². The van der Waals surface area contributed by atoms with Gasteiger partial charge in [-0.3, -0.25) is 4.79 Å². The minimum Gasteiger partial charge on any atom is -0.334 e. The molecule has 3 aliphatic carbocycles. The van der Waals surface area contributed by atoms with Crippen LogP contribution in [0.25, 0.3) is 49.3 Å². The van der Waals surface area contributed by atoms with Crippen LogP contribution in [0.3, 0.4) is 0 Å². The molecule has 2 aromatic heterocycles. The minimum atomic E-state index is -0.206. The Morgan fingerprint density at radius 3 is 1.53 bits per heavy atom. The van der Waals surface area contributed by atoms with Crippen molar-refractivity contribution in [1.29, 1.82) is 0 Å². The normalized spacial score (nSPS) is 21.0. The number of nitrogens with zero attached hydrogens (tertiary/aromatic N) is 2. The van der Waals surface area contributed by atoms with Crippen molar-refractivity contribution in [3.8, 4) is 5.69 Å². The van der Waals surface area contributed by atoms with Gasteiger partial charge in [-0.15, -0.1) is 0 Å². The maximum absolute atomic E-state index is 13.6. The first-order valence-corrected chi connectivity index (χ1v) is 15.4. The van der Waals surface area contributed by atoms with Crippen LogP contribution in [0.1, 0.15) is 51.9 Å². The van der Waals surface area contributed by atoms with E-state index in [0.29, 0.717) is 5.78 Å². The fourth-order valence-corrected chi connectivity index (χ4v) is 8.53. The molecule has 3 heteroatoms. The Bertz CT molecular complexity index is 2250. The molecule has 0 atom stereocenters. The number of aromatic nitrogens is 2. The van der Waals surface area contributed by atoms with Gasteiger partial charge in [0.1, 0.15) is 0 Å². The summed E-state index contributed by atoms with van der Waals surface area (Å²) in [5.41, 5.74) is 11.9. The zero-order valence-corrected chi connectivity index (χ0v) is 25.2. The lowest BCUT2D eigenvalue weighted by Gasteiger charge is -2.70. The third-order valence-electron chi connectivity index (χ3n) is 10.5. The van der Waals surface area contributed by atoms with Crippen molar-refractivity contribution in [3.05, 3.63) is 125 Å². The number of carbonyl (C=O) groups is 1. The largest absolute Gasteiger partial charge is 0.334 e. The SMILES string of the molecule is Cc1ccc(C(=O)C23CC(n4c5ccc(C)cc5c5cc(-n6c7ccc(C)cc7c7cc(C)ccc76)ccc54)(C2)C3)cc1. The summed E-state index contributed by atoms with van der Waals surface area (Å²) in [7, 11) is 0. The number of hydrogen-bond acceptors (Lipinski definition) is 1. The topological polar surface area (TPSA) is 26.9 Å². The average molecular weight is 559 g/mol. The molecule has 2 heterocycles. The van der Waals surface area contributed by atoms with Crippen LogP contribution in [0.5, 0.6) is 0 Å². The Labute approximate surface area is 251 Å². The van der Waals surface area contributed by atoms with Crippen molar-refractivity contribution in [2.75, 3.05) is 0 Å². The number of carbonyl (C=O) groups excluding carboxylic acids is 1. The number of aryl methyl sites for hydroxylation is 4. The van der Waals surface area contributed by atoms with Gasteiger partial charge in [-0.1, -0.05) is 64.7 Å². The van der Waals surface area contributed by atoms with Gasteiger partial charge in [0.05, 0.1) is 11.0 Å². The highest BCUT2D eigenvalue weighted by Gasteiger charge is 2.72. The second-order valence-electron chi connectivity index (χ2n) is 13.7. The van der Waals surface area contributed by atoms with Gasteiger partial charge in [-0.2, -0.15) is 0 Å². The van der Waals surface area contributed by atoms with Crippen molar-refractivity contribution >= 4 is 49.4 Å². The van der Waals surface area contributed by atoms with Crippen molar-refractivity contribution < 1.29 is 4.79 Å². The Hall–Kier alpha value is -4.63. The van der Waals surface area contributed by atoms with Crippen LogP contribution in [0.15, 0.2) is 97.1 Å². The second kappa shape index (κ2) is 8.26. The molecular weight excluding hydrogens is 524 g/mol. The first-order valence-electron chi connectivity index (χ1n) is 15.4. The molecule has 0 aliphatic heterocycles. The Kier molecular flexibility index (Phi) is 4.79. The summed E-state index contributed by atoms with van der Waals surface area (Å²) >= 11 is 0. The molecule has 7 aromatic rings. The molecule has 0 N–H and O–H groups in total. The molecule has 3 fully saturated rings. The number of ketones is 1. The van der Waals surface area contributed by atoms with E-state index in [2.05, 4.69) is 122 Å². The van der Waals surface area contributed by atoms with E-state index in [1.54, 1.807) is 0 Å². The predicted molar refractivity (Wildman–Crippen MR) is 178 cm³/mol. The number of rotatable bonds is 4. The van der Waals surface area contributed by atoms with Crippen LogP contribution in [0.4, 0.5) is 0 Å². The van der Waals surface area contributed by atoms with Gasteiger partial charge in [-0.25, -0.2) is 0 Å². The van der Waals surface area contributed by atoms with Gasteiger partial charge in [-0.05, 0) is 102 Å². The molecule has 0 saturated heterocycles. The molecule has 10 rings (SSSR count). The van der Waals surface area contributed by atoms with E-state index in [0.717, 1.165) is 24.8 Å². The lowest BCUT2D eigenvalue weighted by atomic mass is 9.37. The lowest BCUT2D eigenvalue weighted by Crippen LogP contribution is -2.70. The standard InChI is InChI=1S/C40H34N2O/c1-24-5-10-28(11-6-24)38(43)39-21-40(22-39,23-39)42-36-15-9-27(4)19-32(36)33-20-29(12-16-37(33)42)41-34-13-7-25(2)17-30(34)31-18-26(3)8-14-35(31)41/h5-20H,21-23H2,1-4H3. The molecule has 3 saturated carbocycles. The van der Waals surface area contributed by atoms with Gasteiger partial charge in [0.15, 0.2) is 5.78 Å². The van der Waals surface area contributed by atoms with Crippen LogP contribution in [0.2, 0.25) is 0 Å². The highest BCUT2D eigenvalue weighted by Crippen LogP contribution is 2.73. The number of Topliss-reactive ketones (excluding diaryl/α,β-unsaturated/α-hetero) is 1. The summed E-state index contributed by atoms with van der Waals surface area (Å²) in [4.78, 5) is 13.6. The molecule has 3 nitrogen and oxygen atoms in total. The molecule has 0 amide bonds. The third kappa shape index (κ3) is 3.28. The van der Waals surface area contributed by atoms with Crippen molar-refractivity contribution in [2.24, 2.45) is 5.41 Å². The van der Waals surface area contributed by atoms with Gasteiger partial charge >= 0.3 is 0 Å². The van der Waals surface area contributed by atoms with E-state index in [9.17, 15) is 4.79 Å². The van der Waals surface area contributed by atoms with Crippen LogP contribution >= 0.6 is 0 Å². The van der Waals surface area contributed by atoms with Crippen molar-refractivity contribution in [2.45, 2.75) is 52.5 Å². The van der Waals surface area contributed by atoms with Crippen molar-refractivity contribution in [1.82, 2.24) is 9.13 Å². The number of hydrogen-bond donors (Lipinski definition) is 0. The molecule has 5 aromatic carbocycles. The smallest absolute Gasteiger partial charge is 0.169 e. The Morgan fingerprint density at radius 2 is 0.977 bits per heavy atom. The Balaban J connectivity index is 1.20. The Morgan fingerprint density at radius 1 is 0.535 bits per heavy atom. The van der Waals surface area contributed by atoms with E-state index in [-0.39, 0.29) is 11.0 Å². The molecule has 210 valence electrons. The zero-order valence-electron chi connectivity index (χ0n) is 25.2. The summed E-state index contributed by atoms with van der Waals surface area (Å²) in [6.07, 6.45) is 2.77. The van der Waals surface area contributed by atoms with Crippen LogP contribution in [-0.2, 0) is 5.54 Å². The third-order valence-corrected chi connectivity index (χ3v) is 10.5. The first-order chi connectivity index (χ1) is 20.8. The van der Waals surface area contributed by atoms with Gasteiger partial charge < -0.3 is 9.13 Å². The molecule has 2 bridgehead atoms. The lowest BCUT2D eigenvalue weighted by molar-refractivity contribution is -0.147. The van der Waals surface area contributed by atoms with Gasteiger partial charge in [0.2, 0.25) is 0 Å². The van der Waals surface area contributed by atoms with E-state index in [1.165, 1.54) is 71.6 Å². The molecule has 43 heavy (non-hydrogen) atoms. The molecule has 0 spiro atoms. The highest BCUT2D eigenvalue weighted by atomic mass is 16.1. The fourth-order valence-electron chi connectivity index (χ4n) is 8.53. The first kappa shape index (κ1) is 24.9. The van der Waals surface area contributed by atoms with Crippen LogP contribution < -0.4 is 0 Å². The summed E-state index contributed by atoms with van der Waals surface area (Å²) < 4.78 is 5.02. The van der Waals surface area contributed by atoms with E-state index >= 15 is 0 Å². The maximum atomic E-state index is 13.6. The fraction of sp³-hybridized carbons (Fsp3) is 0.225. The van der Waals surface area contributed by atoms with Gasteiger partial charge in [0, 0.05) is 54.8 Å². The molecule has 0 radical (unpaired) electrons. The van der Waals surface area contributed by atoms with Gasteiger partial charge in [0.25, 0.3) is 0 Å². The quantitative estimate of drug-likeness (QED) is 0.198. The second-order valence-corrected chi connectivity index (χ2v) is 13.7. The summed E-state index contributed by atoms with van der Waals surface area (Å²) in [5.74, 6) is 0.324. The monoisotopic (exact) mass is 558 g/mol. The molecule has 0 unspecified atom stereocenters.